The van der Waals surface area contributed by atoms with Gasteiger partial charge in [0.15, 0.2) is 9.84 Å². The molecule has 1 aromatic carbocycles. The monoisotopic (exact) mass is 490 g/mol. The Hall–Kier alpha value is -3.21. The van der Waals surface area contributed by atoms with E-state index in [1.807, 2.05) is 6.92 Å². The number of benzene rings is 1. The first-order chi connectivity index (χ1) is 16.1. The number of halogens is 1. The van der Waals surface area contributed by atoms with E-state index < -0.39 is 32.2 Å². The molecule has 1 fully saturated rings. The summed E-state index contributed by atoms with van der Waals surface area (Å²) in [6.45, 7) is 2.84. The van der Waals surface area contributed by atoms with Gasteiger partial charge in [-0.15, -0.1) is 0 Å². The first-order valence-corrected chi connectivity index (χ1v) is 12.7. The average Bonchev–Trinajstić information content (AvgIpc) is 3.21. The lowest BCUT2D eigenvalue weighted by Gasteiger charge is -2.32. The van der Waals surface area contributed by atoms with Crippen molar-refractivity contribution < 1.29 is 17.6 Å². The minimum Gasteiger partial charge on any atom is -0.337 e. The number of amides is 1. The van der Waals surface area contributed by atoms with Gasteiger partial charge in [0.05, 0.1) is 15.5 Å². The summed E-state index contributed by atoms with van der Waals surface area (Å²) in [7, 11) is -0.679. The highest BCUT2D eigenvalue weighted by Gasteiger charge is 2.34. The van der Waals surface area contributed by atoms with E-state index in [0.717, 1.165) is 16.7 Å². The Morgan fingerprint density at radius 2 is 1.68 bits per heavy atom. The van der Waals surface area contributed by atoms with Gasteiger partial charge in [-0.3, -0.25) is 18.7 Å². The van der Waals surface area contributed by atoms with Gasteiger partial charge in [-0.25, -0.2) is 17.6 Å². The molecular weight excluding hydrogens is 463 g/mol. The standard InChI is InChI=1S/C23H27FN4O5S/c1-4-11-28-19(14-18-20(28)25(2)23(31)26(3)21(18)29)22(30)27-12-9-17(10-13-27)34(32,33)16-7-5-15(24)6-8-16/h5-8,14,17H,4,9-13H2,1-3H3. The summed E-state index contributed by atoms with van der Waals surface area (Å²) in [5, 5.41) is -0.383. The zero-order chi connectivity index (χ0) is 24.8. The summed E-state index contributed by atoms with van der Waals surface area (Å²) in [5.74, 6) is -0.814. The molecule has 11 heteroatoms. The molecule has 0 radical (unpaired) electrons. The topological polar surface area (TPSA) is 103 Å². The lowest BCUT2D eigenvalue weighted by atomic mass is 10.1. The second-order valence-electron chi connectivity index (χ2n) is 8.61. The van der Waals surface area contributed by atoms with Crippen molar-refractivity contribution >= 4 is 26.8 Å². The Bertz CT molecular complexity index is 1480. The summed E-state index contributed by atoms with van der Waals surface area (Å²) in [6, 6.07) is 6.29. The summed E-state index contributed by atoms with van der Waals surface area (Å²) < 4.78 is 43.2. The number of sulfone groups is 1. The van der Waals surface area contributed by atoms with E-state index in [1.54, 1.807) is 16.5 Å². The molecule has 0 unspecified atom stereocenters. The zero-order valence-corrected chi connectivity index (χ0v) is 20.1. The van der Waals surface area contributed by atoms with Crippen molar-refractivity contribution in [2.75, 3.05) is 13.1 Å². The molecule has 0 bridgehead atoms. The third-order valence-electron chi connectivity index (χ3n) is 6.47. The Kier molecular flexibility index (Phi) is 6.24. The van der Waals surface area contributed by atoms with Crippen molar-refractivity contribution in [3.05, 3.63) is 62.7 Å². The van der Waals surface area contributed by atoms with Crippen LogP contribution >= 0.6 is 0 Å². The summed E-state index contributed by atoms with van der Waals surface area (Å²) in [6.07, 6.45) is 1.19. The highest BCUT2D eigenvalue weighted by molar-refractivity contribution is 7.92. The van der Waals surface area contributed by atoms with Crippen LogP contribution < -0.4 is 11.2 Å². The second kappa shape index (κ2) is 8.86. The molecule has 2 aromatic heterocycles. The number of nitrogens with zero attached hydrogens (tertiary/aromatic N) is 4. The number of carbonyl (C=O) groups is 1. The fourth-order valence-electron chi connectivity index (χ4n) is 4.62. The molecule has 1 aliphatic rings. The van der Waals surface area contributed by atoms with Crippen LogP contribution in [0.25, 0.3) is 11.0 Å². The summed E-state index contributed by atoms with van der Waals surface area (Å²) >= 11 is 0. The van der Waals surface area contributed by atoms with E-state index >= 15 is 0 Å². The first kappa shape index (κ1) is 23.9. The Morgan fingerprint density at radius 3 is 2.26 bits per heavy atom. The maximum atomic E-state index is 13.4. The lowest BCUT2D eigenvalue weighted by molar-refractivity contribution is 0.0715. The molecule has 9 nitrogen and oxygen atoms in total. The van der Waals surface area contributed by atoms with Crippen LogP contribution in [0.15, 0.2) is 44.8 Å². The molecule has 3 aromatic rings. The van der Waals surface area contributed by atoms with E-state index in [1.165, 1.54) is 29.8 Å². The van der Waals surface area contributed by atoms with E-state index in [9.17, 15) is 27.2 Å². The number of hydrogen-bond acceptors (Lipinski definition) is 5. The lowest BCUT2D eigenvalue weighted by Crippen LogP contribution is -2.43. The van der Waals surface area contributed by atoms with Gasteiger partial charge in [-0.2, -0.15) is 0 Å². The van der Waals surface area contributed by atoms with Crippen LogP contribution in [-0.2, 0) is 30.5 Å². The molecule has 0 atom stereocenters. The molecule has 0 N–H and O–H groups in total. The Labute approximate surface area is 195 Å². The maximum Gasteiger partial charge on any atom is 0.332 e. The summed E-state index contributed by atoms with van der Waals surface area (Å²) in [4.78, 5) is 40.2. The van der Waals surface area contributed by atoms with Crippen molar-refractivity contribution in [2.24, 2.45) is 14.1 Å². The first-order valence-electron chi connectivity index (χ1n) is 11.2. The van der Waals surface area contributed by atoms with Crippen molar-refractivity contribution in [1.82, 2.24) is 18.6 Å². The SMILES string of the molecule is CCCn1c(C(=O)N2CCC(S(=O)(=O)c3ccc(F)cc3)CC2)cc2c(=O)n(C)c(=O)n(C)c21. The Morgan fingerprint density at radius 1 is 1.06 bits per heavy atom. The van der Waals surface area contributed by atoms with Crippen LogP contribution in [-0.4, -0.2) is 51.3 Å². The molecule has 0 aliphatic carbocycles. The number of piperidine rings is 1. The zero-order valence-electron chi connectivity index (χ0n) is 19.3. The number of rotatable bonds is 5. The number of hydrogen-bond donors (Lipinski definition) is 0. The number of aryl methyl sites for hydroxylation is 2. The molecule has 182 valence electrons. The fraction of sp³-hybridized carbons (Fsp3) is 0.435. The predicted molar refractivity (Wildman–Crippen MR) is 125 cm³/mol. The van der Waals surface area contributed by atoms with Gasteiger partial charge < -0.3 is 9.47 Å². The van der Waals surface area contributed by atoms with Gasteiger partial charge in [0, 0.05) is 33.7 Å². The molecule has 34 heavy (non-hydrogen) atoms. The number of fused-ring (bicyclic) bond motifs is 1. The van der Waals surface area contributed by atoms with Gasteiger partial charge in [0.25, 0.3) is 11.5 Å². The third-order valence-corrected chi connectivity index (χ3v) is 8.75. The minimum absolute atomic E-state index is 0.0681. The van der Waals surface area contributed by atoms with Crippen molar-refractivity contribution in [3.63, 3.8) is 0 Å². The van der Waals surface area contributed by atoms with E-state index in [2.05, 4.69) is 0 Å². The predicted octanol–water partition coefficient (Wildman–Crippen LogP) is 1.67. The van der Waals surface area contributed by atoms with Crippen LogP contribution in [0.2, 0.25) is 0 Å². The second-order valence-corrected chi connectivity index (χ2v) is 10.8. The van der Waals surface area contributed by atoms with Crippen LogP contribution in [0.4, 0.5) is 4.39 Å². The molecule has 1 amide bonds. The van der Waals surface area contributed by atoms with Crippen molar-refractivity contribution in [3.8, 4) is 0 Å². The third kappa shape index (κ3) is 3.87. The van der Waals surface area contributed by atoms with Gasteiger partial charge >= 0.3 is 5.69 Å². The average molecular weight is 491 g/mol. The molecule has 0 spiro atoms. The maximum absolute atomic E-state index is 13.4. The van der Waals surface area contributed by atoms with Crippen LogP contribution in [0.1, 0.15) is 36.7 Å². The van der Waals surface area contributed by atoms with Crippen molar-refractivity contribution in [1.29, 1.82) is 0 Å². The molecule has 0 saturated carbocycles. The van der Waals surface area contributed by atoms with E-state index in [-0.39, 0.29) is 42.1 Å². The minimum atomic E-state index is -3.64. The van der Waals surface area contributed by atoms with Gasteiger partial charge in [-0.1, -0.05) is 6.92 Å². The quantitative estimate of drug-likeness (QED) is 0.506. The van der Waals surface area contributed by atoms with E-state index in [0.29, 0.717) is 24.3 Å². The Balaban J connectivity index is 1.63. The highest BCUT2D eigenvalue weighted by atomic mass is 32.2. The molecule has 3 heterocycles. The molecule has 1 aliphatic heterocycles. The van der Waals surface area contributed by atoms with Gasteiger partial charge in [0.2, 0.25) is 0 Å². The fourth-order valence-corrected chi connectivity index (χ4v) is 6.35. The van der Waals surface area contributed by atoms with E-state index in [4.69, 9.17) is 0 Å². The summed E-state index contributed by atoms with van der Waals surface area (Å²) in [5.41, 5.74) is -0.244. The number of likely N-dealkylation sites (tertiary alicyclic amines) is 1. The van der Waals surface area contributed by atoms with Crippen molar-refractivity contribution in [2.45, 2.75) is 42.9 Å². The van der Waals surface area contributed by atoms with Crippen LogP contribution in [0.3, 0.4) is 0 Å². The van der Waals surface area contributed by atoms with Crippen LogP contribution in [0.5, 0.6) is 0 Å². The molecule has 4 rings (SSSR count). The smallest absolute Gasteiger partial charge is 0.332 e. The largest absolute Gasteiger partial charge is 0.337 e. The normalized spacial score (nSPS) is 15.2. The number of carbonyl (C=O) groups excluding carboxylic acids is 1. The molecular formula is C23H27FN4O5S. The van der Waals surface area contributed by atoms with Crippen LogP contribution in [0, 0.1) is 5.82 Å². The molecule has 1 saturated heterocycles. The number of aromatic nitrogens is 3. The highest BCUT2D eigenvalue weighted by Crippen LogP contribution is 2.26. The van der Waals surface area contributed by atoms with Gasteiger partial charge in [0.1, 0.15) is 17.2 Å². The van der Waals surface area contributed by atoms with Gasteiger partial charge in [-0.05, 0) is 49.6 Å².